The standard InChI is InChI=1S/C14H18BrN3O/c1-4-5-18(10-14(19)17(2)3)13-7-11(9-16)6-12(15)8-13/h6-8H,4-5,10H2,1-3H3. The number of benzene rings is 1. The summed E-state index contributed by atoms with van der Waals surface area (Å²) in [5.74, 6) is 0.0481. The van der Waals surface area contributed by atoms with Gasteiger partial charge in [0.05, 0.1) is 18.2 Å². The van der Waals surface area contributed by atoms with Crippen LogP contribution in [0.15, 0.2) is 22.7 Å². The summed E-state index contributed by atoms with van der Waals surface area (Å²) < 4.78 is 0.847. The second-order valence-electron chi connectivity index (χ2n) is 4.52. The van der Waals surface area contributed by atoms with E-state index in [1.54, 1.807) is 25.1 Å². The van der Waals surface area contributed by atoms with E-state index in [1.165, 1.54) is 0 Å². The topological polar surface area (TPSA) is 47.3 Å². The molecule has 1 rings (SSSR count). The maximum atomic E-state index is 11.8. The SMILES string of the molecule is CCCN(CC(=O)N(C)C)c1cc(Br)cc(C#N)c1. The lowest BCUT2D eigenvalue weighted by Gasteiger charge is -2.25. The van der Waals surface area contributed by atoms with Crippen LogP contribution in [0.5, 0.6) is 0 Å². The zero-order valence-electron chi connectivity index (χ0n) is 11.5. The Labute approximate surface area is 122 Å². The van der Waals surface area contributed by atoms with Gasteiger partial charge in [-0.3, -0.25) is 4.79 Å². The van der Waals surface area contributed by atoms with Gasteiger partial charge in [-0.2, -0.15) is 5.26 Å². The summed E-state index contributed by atoms with van der Waals surface area (Å²) in [6.07, 6.45) is 0.940. The molecule has 19 heavy (non-hydrogen) atoms. The van der Waals surface area contributed by atoms with Gasteiger partial charge in [0.25, 0.3) is 0 Å². The van der Waals surface area contributed by atoms with Gasteiger partial charge in [0.15, 0.2) is 0 Å². The fourth-order valence-corrected chi connectivity index (χ4v) is 2.18. The van der Waals surface area contributed by atoms with Gasteiger partial charge in [0.2, 0.25) is 5.91 Å². The predicted molar refractivity (Wildman–Crippen MR) is 80.1 cm³/mol. The van der Waals surface area contributed by atoms with Gasteiger partial charge in [-0.05, 0) is 24.6 Å². The van der Waals surface area contributed by atoms with E-state index >= 15 is 0 Å². The van der Waals surface area contributed by atoms with E-state index in [0.717, 1.165) is 23.1 Å². The highest BCUT2D eigenvalue weighted by Crippen LogP contribution is 2.23. The van der Waals surface area contributed by atoms with Crippen LogP contribution in [0.2, 0.25) is 0 Å². The summed E-state index contributed by atoms with van der Waals surface area (Å²) in [7, 11) is 3.49. The molecule has 0 spiro atoms. The van der Waals surface area contributed by atoms with Crippen LogP contribution in [-0.4, -0.2) is 38.0 Å². The van der Waals surface area contributed by atoms with Gasteiger partial charge < -0.3 is 9.80 Å². The second kappa shape index (κ2) is 7.15. The van der Waals surface area contributed by atoms with Gasteiger partial charge >= 0.3 is 0 Å². The van der Waals surface area contributed by atoms with Crippen molar-refractivity contribution in [1.82, 2.24) is 4.90 Å². The maximum absolute atomic E-state index is 11.8. The molecule has 1 aromatic carbocycles. The number of hydrogen-bond donors (Lipinski definition) is 0. The lowest BCUT2D eigenvalue weighted by atomic mass is 10.2. The fourth-order valence-electron chi connectivity index (χ4n) is 1.70. The number of halogens is 1. The second-order valence-corrected chi connectivity index (χ2v) is 5.44. The maximum Gasteiger partial charge on any atom is 0.241 e. The van der Waals surface area contributed by atoms with E-state index in [9.17, 15) is 4.79 Å². The van der Waals surface area contributed by atoms with Gasteiger partial charge in [-0.15, -0.1) is 0 Å². The number of hydrogen-bond acceptors (Lipinski definition) is 3. The Morgan fingerprint density at radius 1 is 1.37 bits per heavy atom. The fraction of sp³-hybridized carbons (Fsp3) is 0.429. The van der Waals surface area contributed by atoms with Crippen molar-refractivity contribution < 1.29 is 4.79 Å². The molecule has 0 atom stereocenters. The van der Waals surface area contributed by atoms with Crippen molar-refractivity contribution in [3.05, 3.63) is 28.2 Å². The largest absolute Gasteiger partial charge is 0.362 e. The van der Waals surface area contributed by atoms with E-state index in [0.29, 0.717) is 12.1 Å². The first-order valence-corrected chi connectivity index (χ1v) is 6.93. The summed E-state index contributed by atoms with van der Waals surface area (Å²) in [5.41, 5.74) is 1.48. The van der Waals surface area contributed by atoms with Crippen molar-refractivity contribution in [3.63, 3.8) is 0 Å². The van der Waals surface area contributed by atoms with E-state index in [-0.39, 0.29) is 5.91 Å². The normalized spacial score (nSPS) is 9.84. The lowest BCUT2D eigenvalue weighted by Crippen LogP contribution is -2.37. The van der Waals surface area contributed by atoms with Crippen molar-refractivity contribution in [2.24, 2.45) is 0 Å². The first-order chi connectivity index (χ1) is 8.97. The zero-order chi connectivity index (χ0) is 14.4. The Balaban J connectivity index is 3.02. The first-order valence-electron chi connectivity index (χ1n) is 6.13. The number of carbonyl (C=O) groups is 1. The number of rotatable bonds is 5. The molecule has 0 saturated carbocycles. The van der Waals surface area contributed by atoms with Crippen molar-refractivity contribution in [2.45, 2.75) is 13.3 Å². The molecule has 0 radical (unpaired) electrons. The van der Waals surface area contributed by atoms with Crippen molar-refractivity contribution in [2.75, 3.05) is 32.1 Å². The molecule has 102 valence electrons. The Kier molecular flexibility index (Phi) is 5.84. The van der Waals surface area contributed by atoms with Crippen molar-refractivity contribution in [1.29, 1.82) is 5.26 Å². The minimum absolute atomic E-state index is 0.0481. The van der Waals surface area contributed by atoms with Crippen molar-refractivity contribution >= 4 is 27.5 Å². The summed E-state index contributed by atoms with van der Waals surface area (Å²) in [6.45, 7) is 3.17. The van der Waals surface area contributed by atoms with Gasteiger partial charge in [-0.25, -0.2) is 0 Å². The van der Waals surface area contributed by atoms with E-state index in [1.807, 2.05) is 17.0 Å². The highest BCUT2D eigenvalue weighted by atomic mass is 79.9. The smallest absolute Gasteiger partial charge is 0.241 e. The average Bonchev–Trinajstić information content (AvgIpc) is 2.37. The Hall–Kier alpha value is -1.54. The number of anilines is 1. The molecule has 4 nitrogen and oxygen atoms in total. The monoisotopic (exact) mass is 323 g/mol. The molecule has 0 fully saturated rings. The average molecular weight is 324 g/mol. The third kappa shape index (κ3) is 4.56. The van der Waals surface area contributed by atoms with Gasteiger partial charge in [0, 0.05) is 30.8 Å². The Morgan fingerprint density at radius 3 is 2.58 bits per heavy atom. The minimum Gasteiger partial charge on any atom is -0.362 e. The summed E-state index contributed by atoms with van der Waals surface area (Å²) in [6, 6.07) is 7.63. The minimum atomic E-state index is 0.0481. The lowest BCUT2D eigenvalue weighted by molar-refractivity contribution is -0.127. The molecule has 0 bridgehead atoms. The summed E-state index contributed by atoms with van der Waals surface area (Å²) >= 11 is 3.40. The molecule has 0 aliphatic heterocycles. The number of nitriles is 1. The van der Waals surface area contributed by atoms with Crippen LogP contribution in [0.3, 0.4) is 0 Å². The molecule has 0 saturated heterocycles. The van der Waals surface area contributed by atoms with E-state index < -0.39 is 0 Å². The summed E-state index contributed by atoms with van der Waals surface area (Å²) in [4.78, 5) is 15.4. The van der Waals surface area contributed by atoms with Crippen molar-refractivity contribution in [3.8, 4) is 6.07 Å². The van der Waals surface area contributed by atoms with E-state index in [2.05, 4.69) is 28.9 Å². The zero-order valence-corrected chi connectivity index (χ0v) is 13.1. The molecular formula is C14H18BrN3O. The Morgan fingerprint density at radius 2 is 2.05 bits per heavy atom. The molecular weight excluding hydrogens is 306 g/mol. The molecule has 0 aliphatic rings. The molecule has 1 aromatic rings. The summed E-state index contributed by atoms with van der Waals surface area (Å²) in [5, 5.41) is 9.00. The van der Waals surface area contributed by atoms with E-state index in [4.69, 9.17) is 5.26 Å². The third-order valence-corrected chi connectivity index (χ3v) is 3.15. The highest BCUT2D eigenvalue weighted by molar-refractivity contribution is 9.10. The number of nitrogens with zero attached hydrogens (tertiary/aromatic N) is 3. The number of carbonyl (C=O) groups excluding carboxylic acids is 1. The molecule has 1 amide bonds. The molecule has 0 unspecified atom stereocenters. The first kappa shape index (κ1) is 15.5. The highest BCUT2D eigenvalue weighted by Gasteiger charge is 2.13. The van der Waals surface area contributed by atoms with Crippen LogP contribution in [0.4, 0.5) is 5.69 Å². The van der Waals surface area contributed by atoms with Crippen LogP contribution in [0, 0.1) is 11.3 Å². The number of likely N-dealkylation sites (N-methyl/N-ethyl adjacent to an activating group) is 1. The quantitative estimate of drug-likeness (QED) is 0.836. The van der Waals surface area contributed by atoms with Crippen LogP contribution in [-0.2, 0) is 4.79 Å². The van der Waals surface area contributed by atoms with Crippen LogP contribution in [0.1, 0.15) is 18.9 Å². The number of amides is 1. The van der Waals surface area contributed by atoms with Gasteiger partial charge in [-0.1, -0.05) is 22.9 Å². The molecule has 0 aromatic heterocycles. The van der Waals surface area contributed by atoms with Crippen LogP contribution in [0.25, 0.3) is 0 Å². The Bertz CT molecular complexity index is 494. The molecule has 0 heterocycles. The molecule has 0 aliphatic carbocycles. The van der Waals surface area contributed by atoms with Gasteiger partial charge in [0.1, 0.15) is 0 Å². The van der Waals surface area contributed by atoms with Crippen LogP contribution < -0.4 is 4.90 Å². The molecule has 0 N–H and O–H groups in total. The molecule has 5 heteroatoms. The third-order valence-electron chi connectivity index (χ3n) is 2.70. The van der Waals surface area contributed by atoms with Crippen LogP contribution >= 0.6 is 15.9 Å². The predicted octanol–water partition coefficient (Wildman–Crippen LogP) is 2.63.